The molecule has 0 amide bonds. The summed E-state index contributed by atoms with van der Waals surface area (Å²) in [4.78, 5) is 23.3. The van der Waals surface area contributed by atoms with E-state index in [2.05, 4.69) is 28.7 Å². The molecule has 0 aliphatic rings. The number of rotatable bonds is 8. The van der Waals surface area contributed by atoms with Crippen LogP contribution in [0.15, 0.2) is 28.4 Å². The molecule has 0 aliphatic carbocycles. The Hall–Kier alpha value is -2.42. The van der Waals surface area contributed by atoms with E-state index >= 15 is 0 Å². The van der Waals surface area contributed by atoms with Crippen LogP contribution in [0, 0.1) is 0 Å². The van der Waals surface area contributed by atoms with Crippen molar-refractivity contribution >= 4 is 21.6 Å². The molecule has 7 nitrogen and oxygen atoms in total. The second kappa shape index (κ2) is 8.94. The monoisotopic (exact) mass is 417 g/mol. The number of ether oxygens (including phenoxy) is 2. The number of nitrogens with zero attached hydrogens (tertiary/aromatic N) is 2. The summed E-state index contributed by atoms with van der Waals surface area (Å²) in [7, 11) is 3.17. The molecule has 1 aromatic carbocycles. The molecule has 2 aromatic heterocycles. The predicted octanol–water partition coefficient (Wildman–Crippen LogP) is 3.26. The quantitative estimate of drug-likeness (QED) is 0.585. The SMILES string of the molecule is COc1ccc(-c2csc3nc(CN(CC(C)O)C(C)C)[nH]c(=O)c23)cc1OC. The molecule has 0 fully saturated rings. The first-order valence-electron chi connectivity index (χ1n) is 9.49. The molecule has 29 heavy (non-hydrogen) atoms. The number of benzene rings is 1. The van der Waals surface area contributed by atoms with E-state index in [4.69, 9.17) is 9.47 Å². The van der Waals surface area contributed by atoms with Crippen LogP contribution in [0.4, 0.5) is 0 Å². The second-order valence-corrected chi connectivity index (χ2v) is 8.14. The van der Waals surface area contributed by atoms with E-state index in [-0.39, 0.29) is 11.6 Å². The Morgan fingerprint density at radius 2 is 1.93 bits per heavy atom. The number of fused-ring (bicyclic) bond motifs is 1. The number of hydrogen-bond acceptors (Lipinski definition) is 7. The first kappa shape index (κ1) is 21.3. The molecule has 1 unspecified atom stereocenters. The van der Waals surface area contributed by atoms with Gasteiger partial charge in [0, 0.05) is 23.5 Å². The van der Waals surface area contributed by atoms with Crippen LogP contribution >= 0.6 is 11.3 Å². The van der Waals surface area contributed by atoms with Crippen molar-refractivity contribution < 1.29 is 14.6 Å². The van der Waals surface area contributed by atoms with Crippen molar-refractivity contribution in [2.24, 2.45) is 0 Å². The van der Waals surface area contributed by atoms with Gasteiger partial charge in [-0.3, -0.25) is 9.69 Å². The Bertz CT molecular complexity index is 1040. The van der Waals surface area contributed by atoms with Crippen LogP contribution in [-0.2, 0) is 6.54 Å². The Kier molecular flexibility index (Phi) is 6.56. The topological polar surface area (TPSA) is 87.7 Å². The fourth-order valence-corrected chi connectivity index (χ4v) is 4.24. The van der Waals surface area contributed by atoms with Crippen LogP contribution in [0.2, 0.25) is 0 Å². The number of H-pyrrole nitrogens is 1. The summed E-state index contributed by atoms with van der Waals surface area (Å²) in [6.45, 7) is 6.85. The average Bonchev–Trinajstić information content (AvgIpc) is 3.11. The Morgan fingerprint density at radius 3 is 2.55 bits per heavy atom. The van der Waals surface area contributed by atoms with Crippen LogP contribution < -0.4 is 15.0 Å². The maximum Gasteiger partial charge on any atom is 0.260 e. The summed E-state index contributed by atoms with van der Waals surface area (Å²) in [6.07, 6.45) is -0.453. The number of methoxy groups -OCH3 is 2. The van der Waals surface area contributed by atoms with E-state index < -0.39 is 6.10 Å². The highest BCUT2D eigenvalue weighted by atomic mass is 32.1. The number of thiophene rings is 1. The van der Waals surface area contributed by atoms with Gasteiger partial charge in [0.2, 0.25) is 0 Å². The Morgan fingerprint density at radius 1 is 1.21 bits per heavy atom. The molecule has 156 valence electrons. The third-order valence-electron chi connectivity index (χ3n) is 4.77. The van der Waals surface area contributed by atoms with Gasteiger partial charge in [0.15, 0.2) is 11.5 Å². The van der Waals surface area contributed by atoms with Gasteiger partial charge in [-0.05, 0) is 38.5 Å². The summed E-state index contributed by atoms with van der Waals surface area (Å²) in [6, 6.07) is 5.80. The first-order chi connectivity index (χ1) is 13.8. The lowest BCUT2D eigenvalue weighted by Crippen LogP contribution is -2.37. The zero-order valence-corrected chi connectivity index (χ0v) is 18.2. The fraction of sp³-hybridized carbons (Fsp3) is 0.429. The number of aromatic amines is 1. The van der Waals surface area contributed by atoms with Crippen molar-refractivity contribution in [3.05, 3.63) is 39.8 Å². The van der Waals surface area contributed by atoms with E-state index in [0.29, 0.717) is 40.6 Å². The molecule has 1 atom stereocenters. The maximum atomic E-state index is 12.9. The molecule has 3 rings (SSSR count). The van der Waals surface area contributed by atoms with Gasteiger partial charge in [-0.25, -0.2) is 4.98 Å². The van der Waals surface area contributed by atoms with Crippen molar-refractivity contribution in [3.63, 3.8) is 0 Å². The van der Waals surface area contributed by atoms with E-state index in [1.165, 1.54) is 11.3 Å². The third kappa shape index (κ3) is 4.60. The minimum atomic E-state index is -0.453. The summed E-state index contributed by atoms with van der Waals surface area (Å²) < 4.78 is 10.7. The zero-order valence-electron chi connectivity index (χ0n) is 17.4. The smallest absolute Gasteiger partial charge is 0.260 e. The lowest BCUT2D eigenvalue weighted by atomic mass is 10.1. The normalized spacial score (nSPS) is 12.7. The fourth-order valence-electron chi connectivity index (χ4n) is 3.27. The van der Waals surface area contributed by atoms with E-state index in [1.54, 1.807) is 21.1 Å². The molecule has 0 spiro atoms. The molecule has 0 aliphatic heterocycles. The van der Waals surface area contributed by atoms with Crippen LogP contribution in [0.1, 0.15) is 26.6 Å². The summed E-state index contributed by atoms with van der Waals surface area (Å²) >= 11 is 1.44. The second-order valence-electron chi connectivity index (χ2n) is 7.28. The van der Waals surface area contributed by atoms with Crippen molar-refractivity contribution in [2.75, 3.05) is 20.8 Å². The molecule has 0 saturated heterocycles. The highest BCUT2D eigenvalue weighted by Crippen LogP contribution is 2.36. The third-order valence-corrected chi connectivity index (χ3v) is 5.64. The summed E-state index contributed by atoms with van der Waals surface area (Å²) in [5.74, 6) is 1.84. The summed E-state index contributed by atoms with van der Waals surface area (Å²) in [5.41, 5.74) is 1.51. The van der Waals surface area contributed by atoms with Crippen molar-refractivity contribution in [1.29, 1.82) is 0 Å². The minimum absolute atomic E-state index is 0.170. The summed E-state index contributed by atoms with van der Waals surface area (Å²) in [5, 5.41) is 12.2. The van der Waals surface area contributed by atoms with Crippen molar-refractivity contribution in [1.82, 2.24) is 14.9 Å². The molecule has 3 aromatic rings. The number of aromatic nitrogens is 2. The van der Waals surface area contributed by atoms with Gasteiger partial charge >= 0.3 is 0 Å². The van der Waals surface area contributed by atoms with Crippen LogP contribution in [0.25, 0.3) is 21.3 Å². The largest absolute Gasteiger partial charge is 0.493 e. The number of hydrogen-bond donors (Lipinski definition) is 2. The predicted molar refractivity (Wildman–Crippen MR) is 116 cm³/mol. The van der Waals surface area contributed by atoms with Crippen LogP contribution in [0.5, 0.6) is 11.5 Å². The Balaban J connectivity index is 1.99. The standard InChI is InChI=1S/C21H27N3O4S/c1-12(2)24(9-13(3)25)10-18-22-20(26)19-15(11-29-21(19)23-18)14-6-7-16(27-4)17(8-14)28-5/h6-8,11-13,25H,9-10H2,1-5H3,(H,22,23,26). The van der Waals surface area contributed by atoms with Crippen LogP contribution in [-0.4, -0.2) is 52.9 Å². The van der Waals surface area contributed by atoms with Gasteiger partial charge in [-0.2, -0.15) is 0 Å². The molecule has 2 heterocycles. The number of nitrogens with one attached hydrogen (secondary N) is 1. The molecular formula is C21H27N3O4S. The molecular weight excluding hydrogens is 390 g/mol. The Labute approximate surface area is 173 Å². The molecule has 0 saturated carbocycles. The van der Waals surface area contributed by atoms with Gasteiger partial charge in [-0.15, -0.1) is 11.3 Å². The lowest BCUT2D eigenvalue weighted by Gasteiger charge is -2.26. The maximum absolute atomic E-state index is 12.9. The average molecular weight is 418 g/mol. The minimum Gasteiger partial charge on any atom is -0.493 e. The van der Waals surface area contributed by atoms with Gasteiger partial charge in [0.25, 0.3) is 5.56 Å². The first-order valence-corrected chi connectivity index (χ1v) is 10.4. The van der Waals surface area contributed by atoms with Crippen LogP contribution in [0.3, 0.4) is 0 Å². The molecule has 8 heteroatoms. The van der Waals surface area contributed by atoms with Gasteiger partial charge in [0.1, 0.15) is 10.7 Å². The van der Waals surface area contributed by atoms with Gasteiger partial charge in [0.05, 0.1) is 32.3 Å². The van der Waals surface area contributed by atoms with Gasteiger partial charge < -0.3 is 19.6 Å². The zero-order chi connectivity index (χ0) is 21.1. The molecule has 0 radical (unpaired) electrons. The van der Waals surface area contributed by atoms with E-state index in [0.717, 1.165) is 11.1 Å². The van der Waals surface area contributed by atoms with E-state index in [1.807, 2.05) is 23.6 Å². The molecule has 0 bridgehead atoms. The van der Waals surface area contributed by atoms with Gasteiger partial charge in [-0.1, -0.05) is 6.07 Å². The van der Waals surface area contributed by atoms with Crippen molar-refractivity contribution in [2.45, 2.75) is 39.5 Å². The van der Waals surface area contributed by atoms with E-state index in [9.17, 15) is 9.90 Å². The number of aliphatic hydroxyl groups is 1. The number of aliphatic hydroxyl groups excluding tert-OH is 1. The highest BCUT2D eigenvalue weighted by Gasteiger charge is 2.18. The molecule has 2 N–H and O–H groups in total. The highest BCUT2D eigenvalue weighted by molar-refractivity contribution is 7.17. The lowest BCUT2D eigenvalue weighted by molar-refractivity contribution is 0.101. The van der Waals surface area contributed by atoms with Crippen molar-refractivity contribution in [3.8, 4) is 22.6 Å².